The molecule has 0 bridgehead atoms. The Bertz CT molecular complexity index is 413. The Morgan fingerprint density at radius 3 is 2.65 bits per heavy atom. The summed E-state index contributed by atoms with van der Waals surface area (Å²) >= 11 is 0. The molecular weight excluding hydrogens is 208 g/mol. The molecular formula is C15H19N2. The number of hydrogen-bond donors (Lipinski definition) is 1. The number of benzene rings is 1. The van der Waals surface area contributed by atoms with Gasteiger partial charge in [-0.25, -0.2) is 0 Å². The van der Waals surface area contributed by atoms with Gasteiger partial charge in [-0.1, -0.05) is 50.3 Å². The van der Waals surface area contributed by atoms with Gasteiger partial charge in [-0.15, -0.1) is 0 Å². The Labute approximate surface area is 103 Å². The molecule has 0 fully saturated rings. The number of hydrogen-bond acceptors (Lipinski definition) is 2. The Balaban J connectivity index is 2.00. The summed E-state index contributed by atoms with van der Waals surface area (Å²) < 4.78 is 0. The fourth-order valence-corrected chi connectivity index (χ4v) is 1.77. The summed E-state index contributed by atoms with van der Waals surface area (Å²) in [7, 11) is 0. The van der Waals surface area contributed by atoms with Crippen molar-refractivity contribution in [2.45, 2.75) is 20.3 Å². The molecule has 0 amide bonds. The highest BCUT2D eigenvalue weighted by Crippen LogP contribution is 2.10. The first kappa shape index (κ1) is 11.9. The van der Waals surface area contributed by atoms with E-state index in [9.17, 15) is 0 Å². The van der Waals surface area contributed by atoms with Crippen molar-refractivity contribution >= 4 is 11.9 Å². The number of rotatable bonds is 4. The van der Waals surface area contributed by atoms with E-state index in [1.165, 1.54) is 17.0 Å². The maximum Gasteiger partial charge on any atom is 0.128 e. The summed E-state index contributed by atoms with van der Waals surface area (Å²) in [5, 5.41) is 3.28. The van der Waals surface area contributed by atoms with Crippen LogP contribution >= 0.6 is 0 Å². The van der Waals surface area contributed by atoms with Crippen LogP contribution in [0.4, 0.5) is 0 Å². The number of amidine groups is 1. The Hall–Kier alpha value is -1.57. The average Bonchev–Trinajstić information content (AvgIpc) is 2.83. The zero-order valence-corrected chi connectivity index (χ0v) is 10.5. The third-order valence-electron chi connectivity index (χ3n) is 2.69. The molecule has 0 saturated heterocycles. The lowest BCUT2D eigenvalue weighted by Gasteiger charge is -2.02. The minimum Gasteiger partial charge on any atom is -0.368 e. The van der Waals surface area contributed by atoms with Gasteiger partial charge in [-0.3, -0.25) is 4.99 Å². The van der Waals surface area contributed by atoms with Gasteiger partial charge in [0.1, 0.15) is 5.84 Å². The van der Waals surface area contributed by atoms with Crippen molar-refractivity contribution in [1.29, 1.82) is 0 Å². The molecule has 1 N–H and O–H groups in total. The number of nitrogens with zero attached hydrogens (tertiary/aromatic N) is 1. The lowest BCUT2D eigenvalue weighted by Crippen LogP contribution is -2.19. The third-order valence-corrected chi connectivity index (χ3v) is 2.69. The van der Waals surface area contributed by atoms with Gasteiger partial charge in [0.25, 0.3) is 0 Å². The molecule has 2 rings (SSSR count). The van der Waals surface area contributed by atoms with Gasteiger partial charge in [0, 0.05) is 12.1 Å². The van der Waals surface area contributed by atoms with Crippen LogP contribution in [0, 0.1) is 5.92 Å². The summed E-state index contributed by atoms with van der Waals surface area (Å²) in [6.07, 6.45) is 5.42. The summed E-state index contributed by atoms with van der Waals surface area (Å²) in [5.41, 5.74) is 2.42. The molecule has 1 radical (unpaired) electrons. The Kier molecular flexibility index (Phi) is 3.97. The van der Waals surface area contributed by atoms with E-state index in [-0.39, 0.29) is 0 Å². The van der Waals surface area contributed by atoms with E-state index in [1.807, 2.05) is 0 Å². The second kappa shape index (κ2) is 5.67. The topological polar surface area (TPSA) is 24.4 Å². The number of nitrogens with one attached hydrogen (secondary N) is 1. The van der Waals surface area contributed by atoms with E-state index < -0.39 is 0 Å². The first-order valence-corrected chi connectivity index (χ1v) is 6.10. The van der Waals surface area contributed by atoms with Crippen LogP contribution in [0.25, 0.3) is 6.08 Å². The van der Waals surface area contributed by atoms with E-state index >= 15 is 0 Å². The maximum absolute atomic E-state index is 4.41. The molecule has 2 heteroatoms. The molecule has 0 unspecified atom stereocenters. The molecule has 1 aromatic carbocycles. The Morgan fingerprint density at radius 2 is 2.06 bits per heavy atom. The highest BCUT2D eigenvalue weighted by atomic mass is 15.1. The van der Waals surface area contributed by atoms with Crippen LogP contribution in [0.3, 0.4) is 0 Å². The monoisotopic (exact) mass is 227 g/mol. The fraction of sp³-hybridized carbons (Fsp3) is 0.333. The molecule has 0 aliphatic carbocycles. The van der Waals surface area contributed by atoms with Gasteiger partial charge in [-0.05, 0) is 17.9 Å². The zero-order valence-electron chi connectivity index (χ0n) is 10.5. The first-order valence-electron chi connectivity index (χ1n) is 6.10. The Morgan fingerprint density at radius 1 is 1.29 bits per heavy atom. The minimum absolute atomic E-state index is 0.891. The van der Waals surface area contributed by atoms with E-state index in [0.29, 0.717) is 0 Å². The lowest BCUT2D eigenvalue weighted by molar-refractivity contribution is 0.960. The number of aliphatic imine (C=N–C) groups is 1. The van der Waals surface area contributed by atoms with Crippen LogP contribution < -0.4 is 5.32 Å². The van der Waals surface area contributed by atoms with Crippen LogP contribution in [-0.4, -0.2) is 18.9 Å². The van der Waals surface area contributed by atoms with Gasteiger partial charge in [0.15, 0.2) is 0 Å². The molecule has 2 nitrogen and oxygen atoms in total. The normalized spacial score (nSPS) is 15.4. The molecule has 17 heavy (non-hydrogen) atoms. The fourth-order valence-electron chi connectivity index (χ4n) is 1.77. The molecule has 89 valence electrons. The molecule has 1 aromatic rings. The van der Waals surface area contributed by atoms with Gasteiger partial charge < -0.3 is 5.32 Å². The van der Waals surface area contributed by atoms with Crippen molar-refractivity contribution in [3.63, 3.8) is 0 Å². The molecule has 0 atom stereocenters. The van der Waals surface area contributed by atoms with E-state index in [0.717, 1.165) is 25.3 Å². The quantitative estimate of drug-likeness (QED) is 0.840. The molecule has 1 aliphatic heterocycles. The highest BCUT2D eigenvalue weighted by molar-refractivity contribution is 5.99. The van der Waals surface area contributed by atoms with Crippen molar-refractivity contribution in [3.8, 4) is 0 Å². The molecule has 0 spiro atoms. The van der Waals surface area contributed by atoms with Crippen molar-refractivity contribution in [3.05, 3.63) is 47.4 Å². The molecule has 0 saturated carbocycles. The standard InChI is InChI=1S/C15H19N2/c1-12(2)4-3-5-13-6-8-14(9-7-13)15-16-10-11-17-15/h3,5-9H,4,10-11H2,1-2H3,(H,16,17). The second-order valence-corrected chi connectivity index (χ2v) is 4.59. The average molecular weight is 227 g/mol. The van der Waals surface area contributed by atoms with E-state index in [1.54, 1.807) is 0 Å². The third kappa shape index (κ3) is 3.45. The van der Waals surface area contributed by atoms with Gasteiger partial charge in [0.2, 0.25) is 0 Å². The van der Waals surface area contributed by atoms with E-state index in [4.69, 9.17) is 0 Å². The van der Waals surface area contributed by atoms with E-state index in [2.05, 4.69) is 60.6 Å². The maximum atomic E-state index is 4.41. The van der Waals surface area contributed by atoms with Gasteiger partial charge in [0.05, 0.1) is 6.54 Å². The van der Waals surface area contributed by atoms with Crippen molar-refractivity contribution in [1.82, 2.24) is 5.32 Å². The largest absolute Gasteiger partial charge is 0.368 e. The summed E-state index contributed by atoms with van der Waals surface area (Å²) in [6.45, 7) is 6.15. The molecule has 1 aliphatic rings. The predicted octanol–water partition coefficient (Wildman–Crippen LogP) is 3.05. The van der Waals surface area contributed by atoms with Crippen LogP contribution in [-0.2, 0) is 0 Å². The molecule has 1 heterocycles. The summed E-state index contributed by atoms with van der Waals surface area (Å²) in [4.78, 5) is 4.41. The number of allylic oxidation sites excluding steroid dienone is 1. The first-order chi connectivity index (χ1) is 8.25. The van der Waals surface area contributed by atoms with Crippen LogP contribution in [0.15, 0.2) is 35.3 Å². The minimum atomic E-state index is 0.891. The van der Waals surface area contributed by atoms with Crippen molar-refractivity contribution in [2.24, 2.45) is 4.99 Å². The van der Waals surface area contributed by atoms with Crippen LogP contribution in [0.2, 0.25) is 0 Å². The summed E-state index contributed by atoms with van der Waals surface area (Å²) in [5.74, 6) is 2.46. The predicted molar refractivity (Wildman–Crippen MR) is 74.1 cm³/mol. The van der Waals surface area contributed by atoms with Crippen molar-refractivity contribution < 1.29 is 0 Å². The highest BCUT2D eigenvalue weighted by Gasteiger charge is 2.06. The van der Waals surface area contributed by atoms with Crippen LogP contribution in [0.1, 0.15) is 31.4 Å². The molecule has 0 aromatic heterocycles. The van der Waals surface area contributed by atoms with Gasteiger partial charge >= 0.3 is 0 Å². The zero-order chi connectivity index (χ0) is 12.1. The second-order valence-electron chi connectivity index (χ2n) is 4.59. The lowest BCUT2D eigenvalue weighted by atomic mass is 10.1. The smallest absolute Gasteiger partial charge is 0.128 e. The van der Waals surface area contributed by atoms with Gasteiger partial charge in [-0.2, -0.15) is 0 Å². The summed E-state index contributed by atoms with van der Waals surface area (Å²) in [6, 6.07) is 8.53. The van der Waals surface area contributed by atoms with Crippen molar-refractivity contribution in [2.75, 3.05) is 13.1 Å². The SMILES string of the molecule is C[C](C)CC=Cc1ccc(C2=NCCN2)cc1. The van der Waals surface area contributed by atoms with Crippen LogP contribution in [0.5, 0.6) is 0 Å².